The van der Waals surface area contributed by atoms with Crippen LogP contribution in [0, 0.1) is 0 Å². The van der Waals surface area contributed by atoms with Crippen LogP contribution in [-0.4, -0.2) is 30.9 Å². The smallest absolute Gasteiger partial charge is 0.262 e. The number of hydrogen-bond donors (Lipinski definition) is 0. The first kappa shape index (κ1) is 14.1. The Kier molecular flexibility index (Phi) is 3.51. The normalized spacial score (nSPS) is 10.6. The van der Waals surface area contributed by atoms with E-state index in [1.54, 1.807) is 18.3 Å². The molecule has 0 saturated heterocycles. The van der Waals surface area contributed by atoms with Crippen LogP contribution in [0.5, 0.6) is 0 Å². The number of fused-ring (bicyclic) bond motifs is 1. The van der Waals surface area contributed by atoms with Gasteiger partial charge in [-0.15, -0.1) is 0 Å². The van der Waals surface area contributed by atoms with Crippen LogP contribution in [0.4, 0.5) is 5.69 Å². The Morgan fingerprint density at radius 3 is 2.36 bits per heavy atom. The fraction of sp³-hybridized carbons (Fsp3) is 0.111. The molecule has 0 radical (unpaired) electrons. The molecule has 110 valence electrons. The van der Waals surface area contributed by atoms with Gasteiger partial charge in [-0.3, -0.25) is 14.2 Å². The van der Waals surface area contributed by atoms with Gasteiger partial charge < -0.3 is 4.90 Å². The highest BCUT2D eigenvalue weighted by Gasteiger charge is 2.14. The maximum atomic E-state index is 12.7. The molecule has 0 saturated carbocycles. The average molecular weight is 292 g/mol. The summed E-state index contributed by atoms with van der Waals surface area (Å²) in [6.45, 7) is 0. The molecule has 0 aliphatic heterocycles. The Morgan fingerprint density at radius 1 is 1.05 bits per heavy atom. The zero-order valence-corrected chi connectivity index (χ0v) is 12.5. The van der Waals surface area contributed by atoms with E-state index in [0.717, 1.165) is 22.9 Å². The average Bonchev–Trinajstić information content (AvgIpc) is 2.93. The number of benzene rings is 2. The van der Waals surface area contributed by atoms with Crippen molar-refractivity contribution in [2.75, 3.05) is 19.0 Å². The standard InChI is InChI=1S/C18H16N2O2/c1-19(2)15-9-7-13(8-10-15)18(22)20-11-14(12-21)16-5-3-4-6-17(16)20/h3-12H,1-2H3. The van der Waals surface area contributed by atoms with Crippen molar-refractivity contribution >= 4 is 28.8 Å². The third-order valence-corrected chi connectivity index (χ3v) is 3.72. The first-order valence-electron chi connectivity index (χ1n) is 6.99. The van der Waals surface area contributed by atoms with Gasteiger partial charge in [0.15, 0.2) is 6.29 Å². The monoisotopic (exact) mass is 292 g/mol. The van der Waals surface area contributed by atoms with Gasteiger partial charge in [-0.05, 0) is 30.3 Å². The lowest BCUT2D eigenvalue weighted by molar-refractivity contribution is 0.0965. The second kappa shape index (κ2) is 5.48. The fourth-order valence-corrected chi connectivity index (χ4v) is 2.51. The van der Waals surface area contributed by atoms with E-state index < -0.39 is 0 Å². The lowest BCUT2D eigenvalue weighted by Gasteiger charge is -2.12. The number of anilines is 1. The molecule has 22 heavy (non-hydrogen) atoms. The van der Waals surface area contributed by atoms with E-state index in [-0.39, 0.29) is 5.91 Å². The van der Waals surface area contributed by atoms with Crippen LogP contribution in [0.25, 0.3) is 10.9 Å². The van der Waals surface area contributed by atoms with Crippen molar-refractivity contribution in [3.05, 3.63) is 65.9 Å². The van der Waals surface area contributed by atoms with Gasteiger partial charge in [0, 0.05) is 42.5 Å². The first-order chi connectivity index (χ1) is 10.6. The van der Waals surface area contributed by atoms with Gasteiger partial charge >= 0.3 is 0 Å². The molecular weight excluding hydrogens is 276 g/mol. The van der Waals surface area contributed by atoms with Crippen molar-refractivity contribution < 1.29 is 9.59 Å². The molecule has 0 spiro atoms. The Morgan fingerprint density at radius 2 is 1.73 bits per heavy atom. The zero-order valence-electron chi connectivity index (χ0n) is 12.5. The first-order valence-corrected chi connectivity index (χ1v) is 6.99. The number of carbonyl (C=O) groups is 2. The third kappa shape index (κ3) is 2.29. The molecule has 0 atom stereocenters. The van der Waals surface area contributed by atoms with Crippen LogP contribution in [0.3, 0.4) is 0 Å². The van der Waals surface area contributed by atoms with Crippen LogP contribution < -0.4 is 4.90 Å². The summed E-state index contributed by atoms with van der Waals surface area (Å²) in [6, 6.07) is 14.8. The van der Waals surface area contributed by atoms with Crippen molar-refractivity contribution in [3.8, 4) is 0 Å². The van der Waals surface area contributed by atoms with Gasteiger partial charge in [0.2, 0.25) is 0 Å². The minimum Gasteiger partial charge on any atom is -0.378 e. The summed E-state index contributed by atoms with van der Waals surface area (Å²) in [5.41, 5.74) is 2.88. The van der Waals surface area contributed by atoms with Crippen LogP contribution in [0.1, 0.15) is 20.7 Å². The highest BCUT2D eigenvalue weighted by atomic mass is 16.2. The van der Waals surface area contributed by atoms with E-state index in [0.29, 0.717) is 11.1 Å². The molecule has 0 unspecified atom stereocenters. The SMILES string of the molecule is CN(C)c1ccc(C(=O)n2cc(C=O)c3ccccc32)cc1. The summed E-state index contributed by atoms with van der Waals surface area (Å²) >= 11 is 0. The van der Waals surface area contributed by atoms with E-state index in [9.17, 15) is 9.59 Å². The molecule has 1 aromatic heterocycles. The highest BCUT2D eigenvalue weighted by molar-refractivity contribution is 6.06. The second-order valence-electron chi connectivity index (χ2n) is 5.34. The summed E-state index contributed by atoms with van der Waals surface area (Å²) in [5.74, 6) is -0.144. The van der Waals surface area contributed by atoms with Gasteiger partial charge in [-0.2, -0.15) is 0 Å². The highest BCUT2D eigenvalue weighted by Crippen LogP contribution is 2.22. The lowest BCUT2D eigenvalue weighted by atomic mass is 10.2. The molecule has 0 fully saturated rings. The van der Waals surface area contributed by atoms with E-state index in [1.807, 2.05) is 55.4 Å². The quantitative estimate of drug-likeness (QED) is 0.696. The van der Waals surface area contributed by atoms with E-state index in [1.165, 1.54) is 4.57 Å². The van der Waals surface area contributed by atoms with Crippen LogP contribution in [0.2, 0.25) is 0 Å². The Hall–Kier alpha value is -2.88. The third-order valence-electron chi connectivity index (χ3n) is 3.72. The Labute approximate surface area is 128 Å². The molecule has 0 N–H and O–H groups in total. The number of carbonyl (C=O) groups excluding carboxylic acids is 2. The van der Waals surface area contributed by atoms with Crippen molar-refractivity contribution in [2.24, 2.45) is 0 Å². The zero-order chi connectivity index (χ0) is 15.7. The van der Waals surface area contributed by atoms with Crippen molar-refractivity contribution in [2.45, 2.75) is 0 Å². The molecule has 4 nitrogen and oxygen atoms in total. The maximum Gasteiger partial charge on any atom is 0.262 e. The Bertz CT molecular complexity index is 845. The summed E-state index contributed by atoms with van der Waals surface area (Å²) in [4.78, 5) is 25.9. The van der Waals surface area contributed by atoms with E-state index in [2.05, 4.69) is 0 Å². The predicted octanol–water partition coefficient (Wildman–Crippen LogP) is 3.21. The number of aromatic nitrogens is 1. The second-order valence-corrected chi connectivity index (χ2v) is 5.34. The van der Waals surface area contributed by atoms with Gasteiger partial charge in [-0.25, -0.2) is 0 Å². The summed E-state index contributed by atoms with van der Waals surface area (Å²) < 4.78 is 1.53. The van der Waals surface area contributed by atoms with Crippen LogP contribution in [-0.2, 0) is 0 Å². The van der Waals surface area contributed by atoms with Crippen LogP contribution in [0.15, 0.2) is 54.7 Å². The summed E-state index contributed by atoms with van der Waals surface area (Å²) in [5, 5.41) is 0.788. The maximum absolute atomic E-state index is 12.7. The molecule has 3 aromatic rings. The largest absolute Gasteiger partial charge is 0.378 e. The molecule has 0 amide bonds. The van der Waals surface area contributed by atoms with E-state index in [4.69, 9.17) is 0 Å². The van der Waals surface area contributed by atoms with Gasteiger partial charge in [-0.1, -0.05) is 18.2 Å². The predicted molar refractivity (Wildman–Crippen MR) is 87.8 cm³/mol. The molecule has 4 heteroatoms. The number of hydrogen-bond acceptors (Lipinski definition) is 3. The van der Waals surface area contributed by atoms with Crippen molar-refractivity contribution in [3.63, 3.8) is 0 Å². The number of nitrogens with zero attached hydrogens (tertiary/aromatic N) is 2. The summed E-state index contributed by atoms with van der Waals surface area (Å²) in [7, 11) is 3.90. The molecular formula is C18H16N2O2. The summed E-state index contributed by atoms with van der Waals surface area (Å²) in [6.07, 6.45) is 2.38. The molecule has 2 aromatic carbocycles. The van der Waals surface area contributed by atoms with Crippen LogP contribution >= 0.6 is 0 Å². The van der Waals surface area contributed by atoms with Gasteiger partial charge in [0.05, 0.1) is 5.52 Å². The minimum atomic E-state index is -0.144. The number of aldehydes is 1. The van der Waals surface area contributed by atoms with Crippen molar-refractivity contribution in [1.82, 2.24) is 4.57 Å². The fourth-order valence-electron chi connectivity index (χ4n) is 2.51. The van der Waals surface area contributed by atoms with Crippen molar-refractivity contribution in [1.29, 1.82) is 0 Å². The van der Waals surface area contributed by atoms with Gasteiger partial charge in [0.1, 0.15) is 0 Å². The molecule has 0 aliphatic rings. The number of rotatable bonds is 3. The molecule has 1 heterocycles. The molecule has 3 rings (SSSR count). The number of para-hydroxylation sites is 1. The molecule has 0 bridgehead atoms. The topological polar surface area (TPSA) is 42.3 Å². The molecule has 0 aliphatic carbocycles. The minimum absolute atomic E-state index is 0.144. The van der Waals surface area contributed by atoms with Gasteiger partial charge in [0.25, 0.3) is 5.91 Å². The lowest BCUT2D eigenvalue weighted by Crippen LogP contribution is -2.12. The van der Waals surface area contributed by atoms with E-state index >= 15 is 0 Å². The Balaban J connectivity index is 2.07.